The van der Waals surface area contributed by atoms with Crippen LogP contribution in [0.1, 0.15) is 147 Å². The lowest BCUT2D eigenvalue weighted by atomic mass is 9.76. The largest absolute Gasteiger partial charge is 0.354 e. The van der Waals surface area contributed by atoms with Crippen LogP contribution in [0.5, 0.6) is 0 Å². The molecule has 11 nitrogen and oxygen atoms in total. The highest BCUT2D eigenvalue weighted by Gasteiger charge is 2.47. The van der Waals surface area contributed by atoms with Gasteiger partial charge in [0.25, 0.3) is 0 Å². The smallest absolute Gasteiger partial charge is 0.154 e. The molecular formula is C41H85N11. The summed E-state index contributed by atoms with van der Waals surface area (Å²) in [4.78, 5) is 10.5. The lowest BCUT2D eigenvalue weighted by molar-refractivity contribution is -0.0459. The molecule has 0 amide bonds. The number of rotatable bonds is 20. The van der Waals surface area contributed by atoms with E-state index < -0.39 is 0 Å². The van der Waals surface area contributed by atoms with E-state index in [9.17, 15) is 0 Å². The van der Waals surface area contributed by atoms with E-state index in [1.807, 2.05) is 5.12 Å². The van der Waals surface area contributed by atoms with E-state index in [-0.39, 0.29) is 34.4 Å². The standard InChI is InChI=1S/C41H85N11/c1-14-17-25-50(33-28-38(4,5)48(12)39(6,7)29-33)36-27-37(51(26-18-15-2)34-30-40(8,9)49(13)41(10,11)31-34)47-52(46-36)35(43)20-22-45-24-23-44-21-19-32(42)16-3/h27,32-35,44-46H,14-26,28-31,42-43H2,1-13H3. The topological polar surface area (TPSA) is 117 Å². The third kappa shape index (κ3) is 11.9. The average Bonchev–Trinajstić information content (AvgIpc) is 3.06. The first-order valence-electron chi connectivity index (χ1n) is 21.1. The molecule has 3 aliphatic heterocycles. The molecule has 2 unspecified atom stereocenters. The van der Waals surface area contributed by atoms with Crippen LogP contribution < -0.4 is 27.5 Å². The second-order valence-electron chi connectivity index (χ2n) is 18.8. The zero-order chi connectivity index (χ0) is 38.9. The summed E-state index contributed by atoms with van der Waals surface area (Å²) in [6, 6.07) is 1.06. The number of nitrogens with one attached hydrogen (secondary N) is 3. The number of hydrogen-bond donors (Lipinski definition) is 5. The molecule has 2 saturated heterocycles. The van der Waals surface area contributed by atoms with Gasteiger partial charge in [-0.1, -0.05) is 33.6 Å². The van der Waals surface area contributed by atoms with Crippen LogP contribution in [0.4, 0.5) is 0 Å². The Morgan fingerprint density at radius 3 is 1.63 bits per heavy atom. The van der Waals surface area contributed by atoms with Crippen molar-refractivity contribution in [1.82, 2.24) is 40.8 Å². The second kappa shape index (κ2) is 19.3. The summed E-state index contributed by atoms with van der Waals surface area (Å²) in [6.45, 7) is 31.6. The molecule has 0 radical (unpaired) electrons. The Bertz CT molecular complexity index is 1100. The Morgan fingerprint density at radius 2 is 1.17 bits per heavy atom. The Morgan fingerprint density at radius 1 is 0.731 bits per heavy atom. The van der Waals surface area contributed by atoms with Gasteiger partial charge in [0.15, 0.2) is 5.84 Å². The molecule has 0 aliphatic carbocycles. The Labute approximate surface area is 321 Å². The fourth-order valence-electron chi connectivity index (χ4n) is 8.89. The van der Waals surface area contributed by atoms with Crippen LogP contribution in [0.25, 0.3) is 0 Å². The van der Waals surface area contributed by atoms with Gasteiger partial charge in [-0.15, -0.1) is 5.10 Å². The predicted octanol–water partition coefficient (Wildman–Crippen LogP) is 5.45. The molecule has 0 aromatic heterocycles. The summed E-state index contributed by atoms with van der Waals surface area (Å²) in [5.74, 6) is 2.19. The average molecular weight is 732 g/mol. The van der Waals surface area contributed by atoms with Crippen molar-refractivity contribution in [2.45, 2.75) is 193 Å². The first kappa shape index (κ1) is 44.8. The van der Waals surface area contributed by atoms with E-state index in [1.54, 1.807) is 0 Å². The maximum Gasteiger partial charge on any atom is 0.154 e. The van der Waals surface area contributed by atoms with Crippen molar-refractivity contribution in [2.75, 3.05) is 53.4 Å². The van der Waals surface area contributed by atoms with E-state index in [0.717, 1.165) is 122 Å². The van der Waals surface area contributed by atoms with E-state index in [1.165, 1.54) is 0 Å². The zero-order valence-corrected chi connectivity index (χ0v) is 36.2. The molecule has 0 saturated carbocycles. The van der Waals surface area contributed by atoms with Crippen LogP contribution in [0.3, 0.4) is 0 Å². The van der Waals surface area contributed by atoms with Crippen molar-refractivity contribution in [3.8, 4) is 0 Å². The number of amidine groups is 1. The minimum atomic E-state index is -0.279. The molecule has 3 heterocycles. The fraction of sp³-hybridized carbons (Fsp3) is 0.927. The molecule has 2 fully saturated rings. The summed E-state index contributed by atoms with van der Waals surface area (Å²) in [6.07, 6.45) is 13.9. The highest BCUT2D eigenvalue weighted by atomic mass is 15.8. The highest BCUT2D eigenvalue weighted by molar-refractivity contribution is 5.94. The van der Waals surface area contributed by atoms with Crippen LogP contribution in [0.15, 0.2) is 17.0 Å². The molecule has 2 atom stereocenters. The SMILES string of the molecule is CCCCN(C1=CC(N(CCCC)C2CC(C)(C)N(C)C(C)(C)C2)=NN(C(N)CCNCCNCCC(N)CC)N1)C1CC(C)(C)N(C)C(C)(C)C1. The van der Waals surface area contributed by atoms with E-state index in [0.29, 0.717) is 12.1 Å². The zero-order valence-electron chi connectivity index (χ0n) is 36.2. The van der Waals surface area contributed by atoms with Crippen LogP contribution in [-0.2, 0) is 0 Å². The maximum atomic E-state index is 7.06. The molecule has 52 heavy (non-hydrogen) atoms. The van der Waals surface area contributed by atoms with E-state index in [2.05, 4.69) is 132 Å². The van der Waals surface area contributed by atoms with Gasteiger partial charge in [-0.3, -0.25) is 15.2 Å². The first-order valence-corrected chi connectivity index (χ1v) is 21.1. The molecule has 0 aromatic carbocycles. The summed E-state index contributed by atoms with van der Waals surface area (Å²) in [5, 5.41) is 14.5. The molecule has 0 spiro atoms. The van der Waals surface area contributed by atoms with Crippen molar-refractivity contribution < 1.29 is 0 Å². The Balaban J connectivity index is 1.94. The number of nitrogens with two attached hydrogens (primary N) is 2. The molecule has 0 aromatic rings. The molecule has 3 aliphatic rings. The number of hydrogen-bond acceptors (Lipinski definition) is 11. The van der Waals surface area contributed by atoms with Crippen LogP contribution in [0, 0.1) is 0 Å². The van der Waals surface area contributed by atoms with Gasteiger partial charge in [0, 0.05) is 72.5 Å². The predicted molar refractivity (Wildman–Crippen MR) is 223 cm³/mol. The molecule has 7 N–H and O–H groups in total. The minimum absolute atomic E-state index is 0.0774. The van der Waals surface area contributed by atoms with E-state index in [4.69, 9.17) is 16.6 Å². The van der Waals surface area contributed by atoms with Crippen molar-refractivity contribution >= 4 is 5.84 Å². The van der Waals surface area contributed by atoms with Crippen molar-refractivity contribution in [3.05, 3.63) is 11.9 Å². The van der Waals surface area contributed by atoms with Crippen LogP contribution in [0.2, 0.25) is 0 Å². The monoisotopic (exact) mass is 732 g/mol. The summed E-state index contributed by atoms with van der Waals surface area (Å²) >= 11 is 0. The number of piperidine rings is 2. The lowest BCUT2D eigenvalue weighted by Gasteiger charge is -2.57. The van der Waals surface area contributed by atoms with Gasteiger partial charge in [-0.05, 0) is 140 Å². The summed E-state index contributed by atoms with van der Waals surface area (Å²) in [5.41, 5.74) is 17.3. The number of hydrazine groups is 1. The Hall–Kier alpha value is -1.63. The Kier molecular flexibility index (Phi) is 16.6. The number of nitrogens with zero attached hydrogens (tertiary/aromatic N) is 6. The van der Waals surface area contributed by atoms with Gasteiger partial charge in [-0.2, -0.15) is 5.12 Å². The lowest BCUT2D eigenvalue weighted by Crippen LogP contribution is -2.64. The normalized spacial score (nSPS) is 23.5. The molecule has 11 heteroatoms. The fourth-order valence-corrected chi connectivity index (χ4v) is 8.89. The molecular weight excluding hydrogens is 647 g/mol. The van der Waals surface area contributed by atoms with Gasteiger partial charge in [0.05, 0.1) is 0 Å². The van der Waals surface area contributed by atoms with Crippen molar-refractivity contribution in [2.24, 2.45) is 16.6 Å². The number of hydrazone groups is 1. The maximum absolute atomic E-state index is 7.06. The number of unbranched alkanes of at least 4 members (excludes halogenated alkanes) is 2. The van der Waals surface area contributed by atoms with Gasteiger partial charge in [0.2, 0.25) is 0 Å². The van der Waals surface area contributed by atoms with Gasteiger partial charge in [-0.25, -0.2) is 0 Å². The van der Waals surface area contributed by atoms with Crippen molar-refractivity contribution in [3.63, 3.8) is 0 Å². The van der Waals surface area contributed by atoms with Gasteiger partial charge >= 0.3 is 0 Å². The van der Waals surface area contributed by atoms with Gasteiger partial charge < -0.3 is 31.9 Å². The molecule has 304 valence electrons. The number of likely N-dealkylation sites (tertiary alicyclic amines) is 2. The van der Waals surface area contributed by atoms with Crippen LogP contribution >= 0.6 is 0 Å². The second-order valence-corrected chi connectivity index (χ2v) is 18.8. The third-order valence-electron chi connectivity index (χ3n) is 12.9. The molecule has 0 bridgehead atoms. The third-order valence-corrected chi connectivity index (χ3v) is 12.9. The summed E-state index contributed by atoms with van der Waals surface area (Å²) in [7, 11) is 4.61. The van der Waals surface area contributed by atoms with Gasteiger partial charge in [0.1, 0.15) is 12.0 Å². The van der Waals surface area contributed by atoms with Crippen molar-refractivity contribution in [1.29, 1.82) is 0 Å². The first-order chi connectivity index (χ1) is 24.3. The van der Waals surface area contributed by atoms with E-state index >= 15 is 0 Å². The minimum Gasteiger partial charge on any atom is -0.354 e. The van der Waals surface area contributed by atoms with Crippen LogP contribution in [-0.4, -0.2) is 130 Å². The quantitative estimate of drug-likeness (QED) is 0.104. The highest BCUT2D eigenvalue weighted by Crippen LogP contribution is 2.41. The molecule has 3 rings (SSSR count). The summed E-state index contributed by atoms with van der Waals surface area (Å²) < 4.78 is 0.